The minimum absolute atomic E-state index is 0.162. The van der Waals surface area contributed by atoms with E-state index in [4.69, 9.17) is 4.74 Å². The van der Waals surface area contributed by atoms with Gasteiger partial charge in [0, 0.05) is 23.6 Å². The van der Waals surface area contributed by atoms with Gasteiger partial charge < -0.3 is 19.8 Å². The number of aliphatic hydroxyl groups is 1. The van der Waals surface area contributed by atoms with Gasteiger partial charge in [0.15, 0.2) is 9.84 Å². The molecule has 4 rings (SSSR count). The zero-order valence-corrected chi connectivity index (χ0v) is 26.2. The summed E-state index contributed by atoms with van der Waals surface area (Å²) in [5, 5.41) is 19.3. The number of hydrogen-bond acceptors (Lipinski definition) is 6. The molecule has 2 aromatic rings. The molecule has 1 amide bonds. The number of alkyl halides is 6. The number of halogens is 6. The van der Waals surface area contributed by atoms with E-state index in [2.05, 4.69) is 6.58 Å². The highest BCUT2D eigenvalue weighted by molar-refractivity contribution is 7.90. The molecule has 2 aliphatic rings. The monoisotopic (exact) mass is 691 g/mol. The molecule has 1 unspecified atom stereocenters. The number of hydrogen-bond donors (Lipinski definition) is 2. The van der Waals surface area contributed by atoms with E-state index in [1.165, 1.54) is 29.2 Å². The molecule has 0 bridgehead atoms. The van der Waals surface area contributed by atoms with Crippen LogP contribution in [-0.4, -0.2) is 67.0 Å². The average molecular weight is 692 g/mol. The summed E-state index contributed by atoms with van der Waals surface area (Å²) < 4.78 is 115. The highest BCUT2D eigenvalue weighted by atomic mass is 32.2. The molecule has 0 spiro atoms. The van der Waals surface area contributed by atoms with Gasteiger partial charge in [-0.3, -0.25) is 9.59 Å². The number of benzene rings is 2. The number of sulfone groups is 1. The lowest BCUT2D eigenvalue weighted by Gasteiger charge is -2.33. The Balaban J connectivity index is 1.64. The van der Waals surface area contributed by atoms with Crippen LogP contribution in [0.1, 0.15) is 62.1 Å². The van der Waals surface area contributed by atoms with E-state index in [1.807, 2.05) is 0 Å². The predicted octanol–water partition coefficient (Wildman–Crippen LogP) is 6.27. The molecule has 1 saturated carbocycles. The summed E-state index contributed by atoms with van der Waals surface area (Å²) in [5.41, 5.74) is -5.84. The van der Waals surface area contributed by atoms with E-state index in [1.54, 1.807) is 6.92 Å². The van der Waals surface area contributed by atoms with Crippen LogP contribution in [0.15, 0.2) is 53.9 Å². The molecule has 2 aromatic carbocycles. The van der Waals surface area contributed by atoms with E-state index >= 15 is 0 Å². The number of carboxylic acid groups (broad SMARTS) is 1. The zero-order valence-electron chi connectivity index (χ0n) is 25.4. The topological polar surface area (TPSA) is 121 Å². The van der Waals surface area contributed by atoms with Gasteiger partial charge in [0.25, 0.3) is 5.60 Å². The van der Waals surface area contributed by atoms with Crippen molar-refractivity contribution in [3.8, 4) is 5.75 Å². The van der Waals surface area contributed by atoms with Gasteiger partial charge in [0.1, 0.15) is 12.4 Å². The first-order chi connectivity index (χ1) is 21.8. The van der Waals surface area contributed by atoms with Gasteiger partial charge in [-0.15, -0.1) is 0 Å². The summed E-state index contributed by atoms with van der Waals surface area (Å²) in [7, 11) is -4.19. The first kappa shape index (κ1) is 36.2. The molecular formula is C32H35F6NO7S. The Morgan fingerprint density at radius 2 is 1.51 bits per heavy atom. The van der Waals surface area contributed by atoms with Crippen LogP contribution in [0.2, 0.25) is 0 Å². The molecule has 1 saturated heterocycles. The highest BCUT2D eigenvalue weighted by Gasteiger charge is 2.71. The summed E-state index contributed by atoms with van der Waals surface area (Å²) in [5.74, 6) is -3.66. The molecule has 47 heavy (non-hydrogen) atoms. The van der Waals surface area contributed by atoms with Crippen LogP contribution in [0.4, 0.5) is 26.3 Å². The van der Waals surface area contributed by atoms with Crippen LogP contribution in [-0.2, 0) is 30.8 Å². The van der Waals surface area contributed by atoms with Crippen LogP contribution in [0.3, 0.4) is 0 Å². The van der Waals surface area contributed by atoms with Crippen molar-refractivity contribution in [2.24, 2.45) is 11.8 Å². The van der Waals surface area contributed by atoms with Gasteiger partial charge >= 0.3 is 18.3 Å². The van der Waals surface area contributed by atoms with Crippen molar-refractivity contribution in [3.63, 3.8) is 0 Å². The van der Waals surface area contributed by atoms with Crippen molar-refractivity contribution in [2.45, 2.75) is 80.1 Å². The number of rotatable bonds is 10. The van der Waals surface area contributed by atoms with Crippen molar-refractivity contribution < 1.29 is 59.3 Å². The molecule has 1 aliphatic carbocycles. The fourth-order valence-electron chi connectivity index (χ4n) is 6.06. The summed E-state index contributed by atoms with van der Waals surface area (Å²) in [6.45, 7) is 5.42. The minimum atomic E-state index is -6.19. The van der Waals surface area contributed by atoms with Crippen molar-refractivity contribution in [2.75, 3.05) is 13.2 Å². The number of carbonyl (C=O) groups excluding carboxylic acids is 1. The highest BCUT2D eigenvalue weighted by Crippen LogP contribution is 2.51. The Bertz CT molecular complexity index is 1580. The minimum Gasteiger partial charge on any atom is -0.491 e. The van der Waals surface area contributed by atoms with E-state index in [-0.39, 0.29) is 23.0 Å². The maximum atomic E-state index is 13.7. The second-order valence-electron chi connectivity index (χ2n) is 12.1. The van der Waals surface area contributed by atoms with E-state index in [0.29, 0.717) is 68.3 Å². The molecule has 1 atom stereocenters. The third kappa shape index (κ3) is 7.61. The van der Waals surface area contributed by atoms with Crippen LogP contribution >= 0.6 is 0 Å². The molecule has 2 fully saturated rings. The van der Waals surface area contributed by atoms with Crippen LogP contribution in [0.25, 0.3) is 5.57 Å². The largest absolute Gasteiger partial charge is 0.491 e. The van der Waals surface area contributed by atoms with Gasteiger partial charge in [-0.25, -0.2) is 8.42 Å². The van der Waals surface area contributed by atoms with E-state index in [9.17, 15) is 54.6 Å². The number of carbonyl (C=O) groups is 2. The molecule has 2 N–H and O–H groups in total. The Morgan fingerprint density at radius 1 is 0.936 bits per heavy atom. The van der Waals surface area contributed by atoms with Crippen LogP contribution < -0.4 is 4.74 Å². The zero-order chi connectivity index (χ0) is 34.9. The normalized spacial score (nSPS) is 21.0. The first-order valence-electron chi connectivity index (χ1n) is 14.9. The fourth-order valence-corrected chi connectivity index (χ4v) is 7.43. The fraction of sp³-hybridized carbons (Fsp3) is 0.500. The SMILES string of the molecule is C=C(C)c1ccc(S(=O)(=O)Cc2ccc(C(O)(C(F)(F)F)C(F)(F)F)cc2OCC2CCCN2C(=O)C2CCC(C(=O)O)CC2)cc1. The standard InChI is InChI=1S/C32H35F6NO7S/c1-19(2)20-10-13-26(14-11-20)47(44,45)18-23-9-12-24(30(43,31(33,34)35)32(36,37)38)16-27(23)46-17-25-4-3-15-39(25)28(40)21-5-7-22(8-6-21)29(41)42/h9-14,16,21-22,25,43H,1,3-8,15,17-18H2,2H3,(H,41,42). The lowest BCUT2D eigenvalue weighted by molar-refractivity contribution is -0.376. The molecule has 0 aromatic heterocycles. The first-order valence-corrected chi connectivity index (χ1v) is 16.6. The van der Waals surface area contributed by atoms with Crippen LogP contribution in [0, 0.1) is 11.8 Å². The van der Waals surface area contributed by atoms with Crippen LogP contribution in [0.5, 0.6) is 5.75 Å². The number of nitrogens with zero attached hydrogens (tertiary/aromatic N) is 1. The van der Waals surface area contributed by atoms with Crippen molar-refractivity contribution in [1.82, 2.24) is 4.90 Å². The number of carboxylic acids is 1. The van der Waals surface area contributed by atoms with Gasteiger partial charge in [0.2, 0.25) is 5.91 Å². The Hall–Kier alpha value is -3.59. The van der Waals surface area contributed by atoms with Gasteiger partial charge in [-0.1, -0.05) is 36.4 Å². The third-order valence-corrected chi connectivity index (χ3v) is 10.6. The predicted molar refractivity (Wildman–Crippen MR) is 158 cm³/mol. The summed E-state index contributed by atoms with van der Waals surface area (Å²) in [6, 6.07) is 6.41. The number of amides is 1. The van der Waals surface area contributed by atoms with Crippen molar-refractivity contribution in [1.29, 1.82) is 0 Å². The van der Waals surface area contributed by atoms with E-state index < -0.39 is 68.7 Å². The second-order valence-corrected chi connectivity index (χ2v) is 14.1. The quantitative estimate of drug-likeness (QED) is 0.282. The third-order valence-electron chi connectivity index (χ3n) is 8.87. The molecule has 8 nitrogen and oxygen atoms in total. The van der Waals surface area contributed by atoms with E-state index in [0.717, 1.165) is 6.07 Å². The molecule has 1 aliphatic heterocycles. The van der Waals surface area contributed by atoms with Crippen molar-refractivity contribution in [3.05, 3.63) is 65.7 Å². The Kier molecular flexibility index (Phi) is 10.4. The number of allylic oxidation sites excluding steroid dienone is 1. The maximum absolute atomic E-state index is 13.7. The molecule has 258 valence electrons. The number of aliphatic carboxylic acids is 1. The average Bonchev–Trinajstić information content (AvgIpc) is 3.47. The lowest BCUT2D eigenvalue weighted by Crippen LogP contribution is -2.53. The van der Waals surface area contributed by atoms with Gasteiger partial charge in [-0.2, -0.15) is 26.3 Å². The molecular weight excluding hydrogens is 656 g/mol. The summed E-state index contributed by atoms with van der Waals surface area (Å²) in [6.07, 6.45) is -10.1. The summed E-state index contributed by atoms with van der Waals surface area (Å²) in [4.78, 5) is 26.0. The smallest absolute Gasteiger partial charge is 0.430 e. The Morgan fingerprint density at radius 3 is 2.04 bits per heavy atom. The number of likely N-dealkylation sites (tertiary alicyclic amines) is 1. The lowest BCUT2D eigenvalue weighted by atomic mass is 9.81. The van der Waals surface area contributed by atoms with Gasteiger partial charge in [-0.05, 0) is 69.2 Å². The molecule has 15 heteroatoms. The summed E-state index contributed by atoms with van der Waals surface area (Å²) >= 11 is 0. The molecule has 1 heterocycles. The maximum Gasteiger partial charge on any atom is 0.430 e. The molecule has 0 radical (unpaired) electrons. The Labute approximate surface area is 267 Å². The second kappa shape index (κ2) is 13.5. The van der Waals surface area contributed by atoms with Crippen molar-refractivity contribution >= 4 is 27.3 Å². The number of ether oxygens (including phenoxy) is 1. The van der Waals surface area contributed by atoms with Gasteiger partial charge in [0.05, 0.1) is 22.6 Å².